The number of hydrogen-bond acceptors (Lipinski definition) is 6. The van der Waals surface area contributed by atoms with E-state index in [2.05, 4.69) is 0 Å². The van der Waals surface area contributed by atoms with Crippen LogP contribution in [0.2, 0.25) is 10.0 Å². The quantitative estimate of drug-likeness (QED) is 0.591. The van der Waals surface area contributed by atoms with E-state index in [4.69, 9.17) is 33.7 Å². The van der Waals surface area contributed by atoms with E-state index < -0.39 is 17.3 Å². The first kappa shape index (κ1) is 19.1. The van der Waals surface area contributed by atoms with Crippen LogP contribution in [-0.2, 0) is 19.1 Å². The fourth-order valence-corrected chi connectivity index (χ4v) is 3.81. The Hall–Kier alpha value is -1.28. The number of nitrogens with two attached hydrogens (primary N) is 1. The van der Waals surface area contributed by atoms with E-state index >= 15 is 0 Å². The van der Waals surface area contributed by atoms with E-state index in [0.717, 1.165) is 16.7 Å². The van der Waals surface area contributed by atoms with Crippen molar-refractivity contribution in [2.45, 2.75) is 24.6 Å². The van der Waals surface area contributed by atoms with Gasteiger partial charge in [0.15, 0.2) is 0 Å². The Morgan fingerprint density at radius 2 is 2.00 bits per heavy atom. The molecule has 2 atom stereocenters. The third-order valence-electron chi connectivity index (χ3n) is 3.28. The molecule has 0 spiro atoms. The van der Waals surface area contributed by atoms with Gasteiger partial charge in [-0.15, -0.1) is 11.8 Å². The summed E-state index contributed by atoms with van der Waals surface area (Å²) in [6.45, 7) is 1.92. The molecular formula is C15H16Cl2N2O4S. The summed E-state index contributed by atoms with van der Waals surface area (Å²) in [5.74, 6) is -1.06. The number of amides is 2. The molecule has 1 aromatic carbocycles. The van der Waals surface area contributed by atoms with E-state index in [1.165, 1.54) is 18.2 Å². The van der Waals surface area contributed by atoms with E-state index in [9.17, 15) is 14.4 Å². The Morgan fingerprint density at radius 3 is 2.58 bits per heavy atom. The summed E-state index contributed by atoms with van der Waals surface area (Å²) in [6, 6.07) is 3.68. The summed E-state index contributed by atoms with van der Waals surface area (Å²) < 4.78 is 4.81. The first-order chi connectivity index (χ1) is 11.3. The zero-order valence-corrected chi connectivity index (χ0v) is 15.2. The summed E-state index contributed by atoms with van der Waals surface area (Å²) in [4.78, 5) is 37.2. The number of halogens is 2. The van der Waals surface area contributed by atoms with Crippen LogP contribution < -0.4 is 10.6 Å². The van der Waals surface area contributed by atoms with E-state index in [1.807, 2.05) is 0 Å². The second-order valence-electron chi connectivity index (χ2n) is 5.08. The maximum Gasteiger partial charge on any atom is 0.323 e. The Kier molecular flexibility index (Phi) is 6.51. The van der Waals surface area contributed by atoms with Crippen LogP contribution in [0.3, 0.4) is 0 Å². The summed E-state index contributed by atoms with van der Waals surface area (Å²) in [5, 5.41) is 0.0628. The number of nitrogens with zero attached hydrogens (tertiary/aromatic N) is 1. The van der Waals surface area contributed by atoms with Gasteiger partial charge in [-0.2, -0.15) is 0 Å². The fraction of sp³-hybridized carbons (Fsp3) is 0.400. The monoisotopic (exact) mass is 390 g/mol. The lowest BCUT2D eigenvalue weighted by Crippen LogP contribution is -2.36. The van der Waals surface area contributed by atoms with Gasteiger partial charge in [0.1, 0.15) is 6.04 Å². The first-order valence-corrected chi connectivity index (χ1v) is 9.00. The molecular weight excluding hydrogens is 375 g/mol. The summed E-state index contributed by atoms with van der Waals surface area (Å²) in [5.41, 5.74) is 6.04. The highest BCUT2D eigenvalue weighted by atomic mass is 35.5. The number of rotatable bonds is 6. The molecule has 0 unspecified atom stereocenters. The van der Waals surface area contributed by atoms with Gasteiger partial charge in [0, 0.05) is 22.2 Å². The third kappa shape index (κ3) is 4.42. The first-order valence-electron chi connectivity index (χ1n) is 7.20. The van der Waals surface area contributed by atoms with Crippen LogP contribution in [0.15, 0.2) is 18.2 Å². The summed E-state index contributed by atoms with van der Waals surface area (Å²) >= 11 is 13.0. The molecule has 2 amide bonds. The number of benzene rings is 1. The van der Waals surface area contributed by atoms with Gasteiger partial charge in [0.05, 0.1) is 17.5 Å². The predicted octanol–water partition coefficient (Wildman–Crippen LogP) is 2.25. The van der Waals surface area contributed by atoms with Gasteiger partial charge < -0.3 is 10.5 Å². The van der Waals surface area contributed by atoms with Crippen molar-refractivity contribution in [3.63, 3.8) is 0 Å². The number of anilines is 1. The molecule has 0 bridgehead atoms. The smallest absolute Gasteiger partial charge is 0.323 e. The van der Waals surface area contributed by atoms with E-state index in [1.54, 1.807) is 6.92 Å². The Labute approximate surface area is 153 Å². The average Bonchev–Trinajstić information content (AvgIpc) is 2.78. The molecule has 6 nitrogen and oxygen atoms in total. The van der Waals surface area contributed by atoms with E-state index in [-0.39, 0.29) is 30.6 Å². The molecule has 1 fully saturated rings. The number of thioether (sulfide) groups is 1. The van der Waals surface area contributed by atoms with Gasteiger partial charge >= 0.3 is 5.97 Å². The summed E-state index contributed by atoms with van der Waals surface area (Å²) in [6.07, 6.45) is 0.0309. The minimum Gasteiger partial charge on any atom is -0.465 e. The van der Waals surface area contributed by atoms with E-state index in [0.29, 0.717) is 15.7 Å². The van der Waals surface area contributed by atoms with Crippen molar-refractivity contribution in [2.75, 3.05) is 17.3 Å². The van der Waals surface area contributed by atoms with Crippen LogP contribution in [0.5, 0.6) is 0 Å². The van der Waals surface area contributed by atoms with Gasteiger partial charge in [0.2, 0.25) is 11.8 Å². The molecule has 130 valence electrons. The number of imide groups is 1. The van der Waals surface area contributed by atoms with Crippen LogP contribution in [0.1, 0.15) is 13.3 Å². The van der Waals surface area contributed by atoms with Crippen LogP contribution in [-0.4, -0.2) is 41.4 Å². The van der Waals surface area contributed by atoms with Crippen LogP contribution in [0.25, 0.3) is 0 Å². The molecule has 0 aromatic heterocycles. The molecule has 2 rings (SSSR count). The van der Waals surface area contributed by atoms with Crippen molar-refractivity contribution in [3.05, 3.63) is 28.2 Å². The summed E-state index contributed by atoms with van der Waals surface area (Å²) in [7, 11) is 0. The SMILES string of the molecule is CCOC(=O)[C@H](N)CS[C@H]1CC(=O)N(c2cc(Cl)cc(Cl)c2)C1=O. The minimum atomic E-state index is -0.840. The van der Waals surface area contributed by atoms with Crippen molar-refractivity contribution >= 4 is 58.4 Å². The topological polar surface area (TPSA) is 89.7 Å². The third-order valence-corrected chi connectivity index (χ3v) is 5.04. The number of carbonyl (C=O) groups excluding carboxylic acids is 3. The second kappa shape index (κ2) is 8.20. The number of hydrogen-bond donors (Lipinski definition) is 1. The fourth-order valence-electron chi connectivity index (χ4n) is 2.21. The van der Waals surface area contributed by atoms with Gasteiger partial charge in [-0.3, -0.25) is 14.4 Å². The van der Waals surface area contributed by atoms with Crippen molar-refractivity contribution in [1.29, 1.82) is 0 Å². The van der Waals surface area contributed by atoms with Gasteiger partial charge in [-0.1, -0.05) is 23.2 Å². The van der Waals surface area contributed by atoms with Gasteiger partial charge in [0.25, 0.3) is 0 Å². The standard InChI is InChI=1S/C15H16Cl2N2O4S/c1-2-23-15(22)11(18)7-24-12-6-13(20)19(14(12)21)10-4-8(16)3-9(17)5-10/h3-5,11-12H,2,6-7,18H2,1H3/t11-,12+/m1/s1. The molecule has 1 saturated heterocycles. The Balaban J connectivity index is 2.05. The molecule has 1 aromatic rings. The number of esters is 1. The molecule has 1 heterocycles. The molecule has 0 aliphatic carbocycles. The molecule has 2 N–H and O–H groups in total. The zero-order chi connectivity index (χ0) is 17.9. The number of ether oxygens (including phenoxy) is 1. The Bertz CT molecular complexity index is 651. The Morgan fingerprint density at radius 1 is 1.38 bits per heavy atom. The molecule has 0 radical (unpaired) electrons. The maximum absolute atomic E-state index is 12.5. The van der Waals surface area contributed by atoms with Crippen molar-refractivity contribution in [2.24, 2.45) is 5.73 Å². The van der Waals surface area contributed by atoms with Crippen LogP contribution >= 0.6 is 35.0 Å². The van der Waals surface area contributed by atoms with Crippen LogP contribution in [0, 0.1) is 0 Å². The van der Waals surface area contributed by atoms with Crippen molar-refractivity contribution in [1.82, 2.24) is 0 Å². The maximum atomic E-state index is 12.5. The minimum absolute atomic E-state index is 0.0309. The molecule has 24 heavy (non-hydrogen) atoms. The predicted molar refractivity (Wildman–Crippen MR) is 94.4 cm³/mol. The van der Waals surface area contributed by atoms with Crippen molar-refractivity contribution < 1.29 is 19.1 Å². The zero-order valence-electron chi connectivity index (χ0n) is 12.8. The van der Waals surface area contributed by atoms with Gasteiger partial charge in [-0.25, -0.2) is 4.90 Å². The molecule has 9 heteroatoms. The highest BCUT2D eigenvalue weighted by Gasteiger charge is 2.40. The van der Waals surface area contributed by atoms with Gasteiger partial charge in [-0.05, 0) is 25.1 Å². The lowest BCUT2D eigenvalue weighted by molar-refractivity contribution is -0.144. The average molecular weight is 391 g/mol. The molecule has 1 aliphatic heterocycles. The second-order valence-corrected chi connectivity index (χ2v) is 7.19. The van der Waals surface area contributed by atoms with Crippen LogP contribution in [0.4, 0.5) is 5.69 Å². The highest BCUT2D eigenvalue weighted by molar-refractivity contribution is 8.00. The molecule has 1 aliphatic rings. The highest BCUT2D eigenvalue weighted by Crippen LogP contribution is 2.33. The number of carbonyl (C=O) groups is 3. The van der Waals surface area contributed by atoms with Crippen molar-refractivity contribution in [3.8, 4) is 0 Å². The lowest BCUT2D eigenvalue weighted by atomic mass is 10.3. The normalized spacial score (nSPS) is 18.8. The lowest BCUT2D eigenvalue weighted by Gasteiger charge is -2.16. The molecule has 0 saturated carbocycles. The largest absolute Gasteiger partial charge is 0.465 e.